The Bertz CT molecular complexity index is 421. The number of hydrogen-bond donors (Lipinski definition) is 1. The van der Waals surface area contributed by atoms with Gasteiger partial charge in [0.1, 0.15) is 11.5 Å². The van der Waals surface area contributed by atoms with Gasteiger partial charge in [0.15, 0.2) is 0 Å². The van der Waals surface area contributed by atoms with Crippen LogP contribution in [0.4, 0.5) is 15.8 Å². The van der Waals surface area contributed by atoms with Crippen molar-refractivity contribution in [2.24, 2.45) is 0 Å². The quantitative estimate of drug-likeness (QED) is 0.642. The first-order chi connectivity index (χ1) is 7.08. The summed E-state index contributed by atoms with van der Waals surface area (Å²) in [4.78, 5) is 10.1. The predicted molar refractivity (Wildman–Crippen MR) is 54.7 cm³/mol. The van der Waals surface area contributed by atoms with Crippen molar-refractivity contribution in [2.45, 2.75) is 18.9 Å². The molecule has 1 saturated carbocycles. The molecular weight excluding hydrogens is 223 g/mol. The smallest absolute Gasteiger partial charge is 0.294 e. The van der Waals surface area contributed by atoms with E-state index < -0.39 is 10.7 Å². The third-order valence-electron chi connectivity index (χ3n) is 2.17. The maximum Gasteiger partial charge on any atom is 0.294 e. The van der Waals surface area contributed by atoms with Crippen molar-refractivity contribution in [3.8, 4) is 0 Å². The lowest BCUT2D eigenvalue weighted by Gasteiger charge is -2.06. The SMILES string of the molecule is O=[N+]([O-])c1cc(Cl)c(F)cc1NC1CC1. The summed E-state index contributed by atoms with van der Waals surface area (Å²) in [6.07, 6.45) is 1.92. The summed E-state index contributed by atoms with van der Waals surface area (Å²) >= 11 is 5.47. The molecule has 80 valence electrons. The van der Waals surface area contributed by atoms with Gasteiger partial charge in [-0.05, 0) is 12.8 Å². The molecule has 6 heteroatoms. The van der Waals surface area contributed by atoms with Gasteiger partial charge in [0.25, 0.3) is 5.69 Å². The molecule has 1 fully saturated rings. The number of hydrogen-bond acceptors (Lipinski definition) is 3. The van der Waals surface area contributed by atoms with Gasteiger partial charge in [-0.15, -0.1) is 0 Å². The van der Waals surface area contributed by atoms with Crippen LogP contribution in [0.1, 0.15) is 12.8 Å². The molecule has 0 radical (unpaired) electrons. The van der Waals surface area contributed by atoms with Crippen molar-refractivity contribution in [1.29, 1.82) is 0 Å². The summed E-state index contributed by atoms with van der Waals surface area (Å²) in [6.45, 7) is 0. The molecule has 1 aromatic rings. The highest BCUT2D eigenvalue weighted by Crippen LogP contribution is 2.34. The second kappa shape index (κ2) is 3.66. The third-order valence-corrected chi connectivity index (χ3v) is 2.46. The normalized spacial score (nSPS) is 15.1. The van der Waals surface area contributed by atoms with E-state index in [2.05, 4.69) is 5.32 Å². The number of halogens is 2. The maximum absolute atomic E-state index is 13.1. The lowest BCUT2D eigenvalue weighted by atomic mass is 10.2. The summed E-state index contributed by atoms with van der Waals surface area (Å²) < 4.78 is 13.1. The molecule has 0 aromatic heterocycles. The molecule has 1 N–H and O–H groups in total. The van der Waals surface area contributed by atoms with Gasteiger partial charge in [0.2, 0.25) is 0 Å². The second-order valence-corrected chi connectivity index (χ2v) is 3.87. The lowest BCUT2D eigenvalue weighted by Crippen LogP contribution is -2.04. The summed E-state index contributed by atoms with van der Waals surface area (Å²) in [5, 5.41) is 13.3. The van der Waals surface area contributed by atoms with Gasteiger partial charge in [-0.2, -0.15) is 0 Å². The molecule has 1 aromatic carbocycles. The molecule has 0 unspecified atom stereocenters. The van der Waals surface area contributed by atoms with E-state index in [1.54, 1.807) is 0 Å². The Hall–Kier alpha value is -1.36. The monoisotopic (exact) mass is 230 g/mol. The van der Waals surface area contributed by atoms with Crippen LogP contribution < -0.4 is 5.32 Å². The van der Waals surface area contributed by atoms with Crippen LogP contribution in [-0.4, -0.2) is 11.0 Å². The van der Waals surface area contributed by atoms with E-state index in [4.69, 9.17) is 11.6 Å². The zero-order chi connectivity index (χ0) is 11.0. The minimum atomic E-state index is -0.648. The Balaban J connectivity index is 2.39. The Kier molecular flexibility index (Phi) is 2.48. The zero-order valence-electron chi connectivity index (χ0n) is 7.67. The topological polar surface area (TPSA) is 55.2 Å². The minimum Gasteiger partial charge on any atom is -0.377 e. The minimum absolute atomic E-state index is 0.187. The van der Waals surface area contributed by atoms with Gasteiger partial charge in [-0.1, -0.05) is 11.6 Å². The van der Waals surface area contributed by atoms with E-state index in [1.807, 2.05) is 0 Å². The van der Waals surface area contributed by atoms with Crippen molar-refractivity contribution in [3.63, 3.8) is 0 Å². The fourth-order valence-electron chi connectivity index (χ4n) is 1.25. The van der Waals surface area contributed by atoms with E-state index in [0.717, 1.165) is 25.0 Å². The largest absolute Gasteiger partial charge is 0.377 e. The van der Waals surface area contributed by atoms with Gasteiger partial charge in [-0.25, -0.2) is 4.39 Å². The first-order valence-corrected chi connectivity index (χ1v) is 4.85. The average Bonchev–Trinajstić information content (AvgIpc) is 2.94. The maximum atomic E-state index is 13.1. The van der Waals surface area contributed by atoms with Crippen LogP contribution in [-0.2, 0) is 0 Å². The highest BCUT2D eigenvalue weighted by atomic mass is 35.5. The third kappa shape index (κ3) is 2.18. The number of nitrogens with one attached hydrogen (secondary N) is 1. The van der Waals surface area contributed by atoms with Crippen molar-refractivity contribution < 1.29 is 9.31 Å². The molecule has 1 aliphatic rings. The highest BCUT2D eigenvalue weighted by Gasteiger charge is 2.25. The van der Waals surface area contributed by atoms with Crippen LogP contribution in [0.5, 0.6) is 0 Å². The number of rotatable bonds is 3. The summed E-state index contributed by atoms with van der Waals surface area (Å²) in [7, 11) is 0. The molecule has 4 nitrogen and oxygen atoms in total. The van der Waals surface area contributed by atoms with Crippen molar-refractivity contribution >= 4 is 23.0 Å². The van der Waals surface area contributed by atoms with Crippen molar-refractivity contribution in [3.05, 3.63) is 33.1 Å². The lowest BCUT2D eigenvalue weighted by molar-refractivity contribution is -0.384. The molecule has 0 amide bonds. The van der Waals surface area contributed by atoms with Gasteiger partial charge in [0, 0.05) is 18.2 Å². The Morgan fingerprint density at radius 2 is 2.20 bits per heavy atom. The average molecular weight is 231 g/mol. The number of anilines is 1. The van der Waals surface area contributed by atoms with Gasteiger partial charge < -0.3 is 5.32 Å². The fourth-order valence-corrected chi connectivity index (χ4v) is 1.41. The van der Waals surface area contributed by atoms with Crippen LogP contribution in [0.15, 0.2) is 12.1 Å². The van der Waals surface area contributed by atoms with E-state index in [1.165, 1.54) is 0 Å². The molecule has 0 spiro atoms. The molecule has 0 heterocycles. The molecule has 0 atom stereocenters. The Morgan fingerprint density at radius 1 is 1.53 bits per heavy atom. The van der Waals surface area contributed by atoms with E-state index in [-0.39, 0.29) is 22.4 Å². The van der Waals surface area contributed by atoms with Gasteiger partial charge in [-0.3, -0.25) is 10.1 Å². The number of nitro groups is 1. The summed E-state index contributed by atoms with van der Waals surface area (Å²) in [6, 6.07) is 2.32. The van der Waals surface area contributed by atoms with Gasteiger partial charge in [0.05, 0.1) is 9.95 Å². The van der Waals surface area contributed by atoms with Crippen LogP contribution in [0.25, 0.3) is 0 Å². The number of nitro benzene ring substituents is 1. The number of benzene rings is 1. The predicted octanol–water partition coefficient (Wildman–Crippen LogP) is 2.96. The van der Waals surface area contributed by atoms with Crippen LogP contribution in [0.3, 0.4) is 0 Å². The summed E-state index contributed by atoms with van der Waals surface area (Å²) in [5.74, 6) is -0.648. The molecule has 15 heavy (non-hydrogen) atoms. The summed E-state index contributed by atoms with van der Waals surface area (Å²) in [5.41, 5.74) is 0.0118. The second-order valence-electron chi connectivity index (χ2n) is 3.46. The molecule has 1 aliphatic carbocycles. The Labute approximate surface area is 90.2 Å². The Morgan fingerprint density at radius 3 is 2.73 bits per heavy atom. The van der Waals surface area contributed by atoms with E-state index in [9.17, 15) is 14.5 Å². The van der Waals surface area contributed by atoms with Crippen LogP contribution >= 0.6 is 11.6 Å². The fraction of sp³-hybridized carbons (Fsp3) is 0.333. The first-order valence-electron chi connectivity index (χ1n) is 4.48. The van der Waals surface area contributed by atoms with Crippen molar-refractivity contribution in [2.75, 3.05) is 5.32 Å². The highest BCUT2D eigenvalue weighted by molar-refractivity contribution is 6.31. The molecule has 0 bridgehead atoms. The molecule has 0 saturated heterocycles. The van der Waals surface area contributed by atoms with Crippen LogP contribution in [0.2, 0.25) is 5.02 Å². The zero-order valence-corrected chi connectivity index (χ0v) is 8.42. The van der Waals surface area contributed by atoms with Crippen LogP contribution in [0, 0.1) is 15.9 Å². The van der Waals surface area contributed by atoms with Gasteiger partial charge >= 0.3 is 0 Å². The number of nitrogens with zero attached hydrogens (tertiary/aromatic N) is 1. The van der Waals surface area contributed by atoms with E-state index >= 15 is 0 Å². The molecule has 2 rings (SSSR count). The van der Waals surface area contributed by atoms with Crippen molar-refractivity contribution in [1.82, 2.24) is 0 Å². The molecular formula is C9H8ClFN2O2. The standard InChI is InChI=1S/C9H8ClFN2O2/c10-6-3-9(13(14)15)8(4-7(6)11)12-5-1-2-5/h3-5,12H,1-2H2. The van der Waals surface area contributed by atoms with E-state index in [0.29, 0.717) is 0 Å². The first kappa shape index (κ1) is 10.2. The molecule has 0 aliphatic heterocycles.